The van der Waals surface area contributed by atoms with Crippen LogP contribution in [-0.2, 0) is 13.0 Å². The van der Waals surface area contributed by atoms with E-state index in [2.05, 4.69) is 32.5 Å². The Hall–Kier alpha value is -3.54. The zero-order valence-corrected chi connectivity index (χ0v) is 18.0. The number of rotatable bonds is 4. The van der Waals surface area contributed by atoms with Gasteiger partial charge in [-0.05, 0) is 66.8 Å². The fraction of sp³-hybridized carbons (Fsp3) is 0.240. The lowest BCUT2D eigenvalue weighted by Gasteiger charge is -2.32. The summed E-state index contributed by atoms with van der Waals surface area (Å²) >= 11 is 0. The van der Waals surface area contributed by atoms with Gasteiger partial charge in [0.1, 0.15) is 11.6 Å². The van der Waals surface area contributed by atoms with Crippen LogP contribution < -0.4 is 5.56 Å². The molecule has 4 rings (SSSR count). The number of halogens is 1. The first-order valence-corrected chi connectivity index (χ1v) is 10.2. The van der Waals surface area contributed by atoms with Crippen molar-refractivity contribution < 1.29 is 4.39 Å². The number of benzene rings is 1. The molecule has 3 heterocycles. The molecule has 0 spiro atoms. The van der Waals surface area contributed by atoms with Crippen molar-refractivity contribution in [3.63, 3.8) is 0 Å². The van der Waals surface area contributed by atoms with Gasteiger partial charge >= 0.3 is 0 Å². The number of aryl methyl sites for hydroxylation is 1. The van der Waals surface area contributed by atoms with E-state index in [1.165, 1.54) is 18.3 Å². The molecule has 31 heavy (non-hydrogen) atoms. The van der Waals surface area contributed by atoms with E-state index in [-0.39, 0.29) is 11.4 Å². The molecular formula is C25H25FN4O. The number of nitrogens with one attached hydrogen (secondary N) is 1. The topological polar surface area (TPSA) is 61.9 Å². The number of hydrogen-bond donors (Lipinski definition) is 1. The Morgan fingerprint density at radius 2 is 2.00 bits per heavy atom. The summed E-state index contributed by atoms with van der Waals surface area (Å²) in [5.74, 6) is 0.320. The molecule has 0 atom stereocenters. The first kappa shape index (κ1) is 20.7. The van der Waals surface area contributed by atoms with Crippen LogP contribution in [0.4, 0.5) is 4.39 Å². The summed E-state index contributed by atoms with van der Waals surface area (Å²) in [6.45, 7) is 11.7. The van der Waals surface area contributed by atoms with Crippen molar-refractivity contribution in [2.24, 2.45) is 0 Å². The number of fused-ring (bicyclic) bond motifs is 1. The average molecular weight is 417 g/mol. The van der Waals surface area contributed by atoms with Crippen molar-refractivity contribution in [1.82, 2.24) is 19.9 Å². The molecule has 0 fully saturated rings. The maximum absolute atomic E-state index is 13.5. The van der Waals surface area contributed by atoms with Crippen LogP contribution in [-0.4, -0.2) is 26.4 Å². The van der Waals surface area contributed by atoms with E-state index in [9.17, 15) is 9.18 Å². The second kappa shape index (κ2) is 8.30. The van der Waals surface area contributed by atoms with Crippen molar-refractivity contribution in [2.45, 2.75) is 33.7 Å². The monoisotopic (exact) mass is 416 g/mol. The molecule has 1 aliphatic heterocycles. The number of allylic oxidation sites excluding steroid dienone is 2. The van der Waals surface area contributed by atoms with Gasteiger partial charge in [0.05, 0.1) is 0 Å². The molecular weight excluding hydrogens is 391 g/mol. The number of nitrogens with zero attached hydrogens (tertiary/aromatic N) is 3. The Morgan fingerprint density at radius 3 is 2.74 bits per heavy atom. The van der Waals surface area contributed by atoms with Crippen LogP contribution >= 0.6 is 0 Å². The number of aromatic amines is 1. The minimum atomic E-state index is -0.235. The van der Waals surface area contributed by atoms with Gasteiger partial charge in [-0.3, -0.25) is 9.78 Å². The summed E-state index contributed by atoms with van der Waals surface area (Å²) in [7, 11) is 0. The Balaban J connectivity index is 1.61. The predicted octanol–water partition coefficient (Wildman–Crippen LogP) is 4.64. The fourth-order valence-electron chi connectivity index (χ4n) is 3.95. The number of hydrogen-bond acceptors (Lipinski definition) is 4. The molecule has 0 saturated carbocycles. The van der Waals surface area contributed by atoms with Crippen LogP contribution in [0.15, 0.2) is 65.4 Å². The molecule has 1 aromatic carbocycles. The van der Waals surface area contributed by atoms with E-state index in [0.717, 1.165) is 57.8 Å². The molecule has 0 aliphatic carbocycles. The second-order valence-corrected chi connectivity index (χ2v) is 7.94. The molecule has 1 aliphatic rings. The Labute approximate surface area is 181 Å². The van der Waals surface area contributed by atoms with E-state index in [4.69, 9.17) is 0 Å². The third-order valence-electron chi connectivity index (χ3n) is 5.94. The van der Waals surface area contributed by atoms with E-state index in [1.54, 1.807) is 12.1 Å². The number of pyridine rings is 1. The molecule has 0 radical (unpaired) electrons. The van der Waals surface area contributed by atoms with Crippen LogP contribution in [0.3, 0.4) is 0 Å². The molecule has 3 aromatic rings. The summed E-state index contributed by atoms with van der Waals surface area (Å²) in [6, 6.07) is 8.37. The van der Waals surface area contributed by atoms with E-state index >= 15 is 0 Å². The van der Waals surface area contributed by atoms with Gasteiger partial charge in [-0.15, -0.1) is 0 Å². The molecule has 1 N–H and O–H groups in total. The van der Waals surface area contributed by atoms with Crippen LogP contribution in [0.1, 0.15) is 36.5 Å². The lowest BCUT2D eigenvalue weighted by Crippen LogP contribution is -2.30. The molecule has 0 saturated heterocycles. The van der Waals surface area contributed by atoms with Gasteiger partial charge in [0.25, 0.3) is 5.56 Å². The lowest BCUT2D eigenvalue weighted by atomic mass is 9.96. The summed E-state index contributed by atoms with van der Waals surface area (Å²) in [6.07, 6.45) is 4.20. The van der Waals surface area contributed by atoms with E-state index in [0.29, 0.717) is 12.4 Å². The largest absolute Gasteiger partial charge is 0.367 e. The quantitative estimate of drug-likeness (QED) is 0.629. The highest BCUT2D eigenvalue weighted by atomic mass is 19.1. The summed E-state index contributed by atoms with van der Waals surface area (Å²) in [4.78, 5) is 25.6. The van der Waals surface area contributed by atoms with Gasteiger partial charge in [-0.2, -0.15) is 0 Å². The van der Waals surface area contributed by atoms with Gasteiger partial charge in [0.15, 0.2) is 0 Å². The Morgan fingerprint density at radius 1 is 1.19 bits per heavy atom. The smallest absolute Gasteiger partial charge is 0.251 e. The van der Waals surface area contributed by atoms with E-state index in [1.807, 2.05) is 27.0 Å². The molecule has 2 aromatic heterocycles. The molecule has 0 bridgehead atoms. The van der Waals surface area contributed by atoms with Gasteiger partial charge in [-0.1, -0.05) is 12.6 Å². The molecule has 5 nitrogen and oxygen atoms in total. The normalized spacial score (nSPS) is 14.1. The minimum absolute atomic E-state index is 0.177. The first-order valence-electron chi connectivity index (χ1n) is 10.2. The Kier molecular flexibility index (Phi) is 5.55. The van der Waals surface area contributed by atoms with Gasteiger partial charge in [0, 0.05) is 54.9 Å². The summed E-state index contributed by atoms with van der Waals surface area (Å²) in [5.41, 5.74) is 7.68. The standard InChI is InChI=1S/C25H25FN4O/c1-15-11-21(26)5-6-22(15)19-12-20-14-30(10-8-23(20)28-13-19)18(4)16(2)17(3)25-27-9-7-24(31)29-25/h5-7,9,11-13H,4,8,10,14H2,1-3H3,(H,27,29,31)/b17-16-. The minimum Gasteiger partial charge on any atom is -0.367 e. The fourth-order valence-corrected chi connectivity index (χ4v) is 3.95. The zero-order chi connectivity index (χ0) is 22.1. The van der Waals surface area contributed by atoms with Crippen LogP contribution in [0.25, 0.3) is 16.7 Å². The third kappa shape index (κ3) is 4.19. The highest BCUT2D eigenvalue weighted by molar-refractivity contribution is 5.68. The first-order chi connectivity index (χ1) is 14.8. The van der Waals surface area contributed by atoms with Gasteiger partial charge < -0.3 is 9.88 Å². The third-order valence-corrected chi connectivity index (χ3v) is 5.94. The maximum Gasteiger partial charge on any atom is 0.251 e. The van der Waals surface area contributed by atoms with Crippen LogP contribution in [0.2, 0.25) is 0 Å². The van der Waals surface area contributed by atoms with Crippen molar-refractivity contribution in [3.8, 4) is 11.1 Å². The molecule has 6 heteroatoms. The average Bonchev–Trinajstić information content (AvgIpc) is 2.77. The molecule has 0 unspecified atom stereocenters. The van der Waals surface area contributed by atoms with Crippen LogP contribution in [0.5, 0.6) is 0 Å². The summed E-state index contributed by atoms with van der Waals surface area (Å²) < 4.78 is 13.5. The molecule has 0 amide bonds. The van der Waals surface area contributed by atoms with Gasteiger partial charge in [0.2, 0.25) is 0 Å². The maximum atomic E-state index is 13.5. The predicted molar refractivity (Wildman–Crippen MR) is 121 cm³/mol. The van der Waals surface area contributed by atoms with Crippen molar-refractivity contribution >= 4 is 5.57 Å². The van der Waals surface area contributed by atoms with Crippen molar-refractivity contribution in [3.05, 3.63) is 99.4 Å². The highest BCUT2D eigenvalue weighted by Gasteiger charge is 2.21. The van der Waals surface area contributed by atoms with Crippen molar-refractivity contribution in [1.29, 1.82) is 0 Å². The number of aromatic nitrogens is 3. The summed E-state index contributed by atoms with van der Waals surface area (Å²) in [5, 5.41) is 0. The SMILES string of the molecule is C=C(/C(C)=C(/C)c1nccc(=O)[nH]1)N1CCc2ncc(-c3ccc(F)cc3C)cc2C1. The zero-order valence-electron chi connectivity index (χ0n) is 18.0. The molecule has 158 valence electrons. The number of H-pyrrole nitrogens is 1. The van der Waals surface area contributed by atoms with Gasteiger partial charge in [-0.25, -0.2) is 9.37 Å². The van der Waals surface area contributed by atoms with Crippen LogP contribution in [0, 0.1) is 12.7 Å². The Bertz CT molecular complexity index is 1260. The second-order valence-electron chi connectivity index (χ2n) is 7.94. The van der Waals surface area contributed by atoms with E-state index < -0.39 is 0 Å². The highest BCUT2D eigenvalue weighted by Crippen LogP contribution is 2.30. The van der Waals surface area contributed by atoms with Crippen molar-refractivity contribution in [2.75, 3.05) is 6.54 Å². The lowest BCUT2D eigenvalue weighted by molar-refractivity contribution is 0.326.